The highest BCUT2D eigenvalue weighted by atomic mass is 16.2. The average Bonchev–Trinajstić information content (AvgIpc) is 3.25. The molecule has 1 fully saturated rings. The van der Waals surface area contributed by atoms with Crippen molar-refractivity contribution >= 4 is 5.91 Å². The Hall–Kier alpha value is -2.14. The SMILES string of the molecule is CCN(C(=O)Cc1cnn(C)c1)C1CCN(C(C)c2ccccc2)C1. The Bertz CT molecular complexity index is 697. The molecule has 1 aliphatic heterocycles. The van der Waals surface area contributed by atoms with Crippen molar-refractivity contribution in [3.63, 3.8) is 0 Å². The van der Waals surface area contributed by atoms with Crippen molar-refractivity contribution in [3.05, 3.63) is 53.9 Å². The number of amides is 1. The first-order valence-electron chi connectivity index (χ1n) is 9.14. The number of hydrogen-bond donors (Lipinski definition) is 0. The van der Waals surface area contributed by atoms with Gasteiger partial charge in [0.2, 0.25) is 5.91 Å². The van der Waals surface area contributed by atoms with E-state index in [-0.39, 0.29) is 5.91 Å². The van der Waals surface area contributed by atoms with E-state index < -0.39 is 0 Å². The van der Waals surface area contributed by atoms with Crippen molar-refractivity contribution in [2.45, 2.75) is 38.8 Å². The summed E-state index contributed by atoms with van der Waals surface area (Å²) in [7, 11) is 1.88. The maximum absolute atomic E-state index is 12.8. The fourth-order valence-electron chi connectivity index (χ4n) is 3.79. The van der Waals surface area contributed by atoms with Crippen molar-refractivity contribution in [1.29, 1.82) is 0 Å². The van der Waals surface area contributed by atoms with E-state index in [0.717, 1.165) is 31.6 Å². The van der Waals surface area contributed by atoms with Crippen LogP contribution < -0.4 is 0 Å². The summed E-state index contributed by atoms with van der Waals surface area (Å²) in [6.07, 6.45) is 5.19. The molecule has 5 heteroatoms. The van der Waals surface area contributed by atoms with Crippen molar-refractivity contribution in [1.82, 2.24) is 19.6 Å². The first-order chi connectivity index (χ1) is 12.1. The van der Waals surface area contributed by atoms with Gasteiger partial charge in [-0.2, -0.15) is 5.10 Å². The van der Waals surface area contributed by atoms with E-state index in [2.05, 4.69) is 54.2 Å². The van der Waals surface area contributed by atoms with Gasteiger partial charge in [0.25, 0.3) is 0 Å². The van der Waals surface area contributed by atoms with Crippen molar-refractivity contribution in [2.24, 2.45) is 7.05 Å². The molecular weight excluding hydrogens is 312 g/mol. The summed E-state index contributed by atoms with van der Waals surface area (Å²) in [6.45, 7) is 7.08. The standard InChI is InChI=1S/C20H28N4O/c1-4-24(20(25)12-17-13-21-22(3)14-17)19-10-11-23(15-19)16(2)18-8-6-5-7-9-18/h5-9,13-14,16,19H,4,10-12,15H2,1-3H3. The second-order valence-electron chi connectivity index (χ2n) is 6.90. The molecule has 134 valence electrons. The molecule has 0 bridgehead atoms. The molecule has 1 amide bonds. The Kier molecular flexibility index (Phi) is 5.53. The van der Waals surface area contributed by atoms with Crippen LogP contribution in [0.1, 0.15) is 37.4 Å². The number of likely N-dealkylation sites (N-methyl/N-ethyl adjacent to an activating group) is 1. The predicted molar refractivity (Wildman–Crippen MR) is 99.1 cm³/mol. The van der Waals surface area contributed by atoms with Gasteiger partial charge in [0.05, 0.1) is 12.6 Å². The fourth-order valence-corrected chi connectivity index (χ4v) is 3.79. The number of likely N-dealkylation sites (tertiary alicyclic amines) is 1. The Labute approximate surface area is 150 Å². The summed E-state index contributed by atoms with van der Waals surface area (Å²) in [5.74, 6) is 0.203. The zero-order valence-electron chi connectivity index (χ0n) is 15.4. The van der Waals surface area contributed by atoms with E-state index in [9.17, 15) is 4.79 Å². The van der Waals surface area contributed by atoms with Crippen LogP contribution in [0.5, 0.6) is 0 Å². The molecule has 1 aromatic heterocycles. The van der Waals surface area contributed by atoms with Gasteiger partial charge in [-0.3, -0.25) is 14.4 Å². The average molecular weight is 340 g/mol. The smallest absolute Gasteiger partial charge is 0.227 e. The number of aromatic nitrogens is 2. The third-order valence-corrected chi connectivity index (χ3v) is 5.24. The monoisotopic (exact) mass is 340 g/mol. The summed E-state index contributed by atoms with van der Waals surface area (Å²) >= 11 is 0. The number of carbonyl (C=O) groups is 1. The summed E-state index contributed by atoms with van der Waals surface area (Å²) < 4.78 is 1.75. The molecule has 1 aromatic carbocycles. The van der Waals surface area contributed by atoms with Crippen molar-refractivity contribution in [3.8, 4) is 0 Å². The van der Waals surface area contributed by atoms with Crippen LogP contribution in [0.15, 0.2) is 42.7 Å². The van der Waals surface area contributed by atoms with E-state index in [0.29, 0.717) is 18.5 Å². The normalized spacial score (nSPS) is 19.1. The first-order valence-corrected chi connectivity index (χ1v) is 9.14. The first kappa shape index (κ1) is 17.7. The third kappa shape index (κ3) is 4.10. The van der Waals surface area contributed by atoms with Gasteiger partial charge in [-0.1, -0.05) is 30.3 Å². The fraction of sp³-hybridized carbons (Fsp3) is 0.500. The number of nitrogens with zero attached hydrogens (tertiary/aromatic N) is 4. The lowest BCUT2D eigenvalue weighted by Crippen LogP contribution is -2.42. The molecule has 2 aromatic rings. The van der Waals surface area contributed by atoms with Crippen molar-refractivity contribution < 1.29 is 4.79 Å². The van der Waals surface area contributed by atoms with Gasteiger partial charge in [-0.05, 0) is 31.4 Å². The minimum absolute atomic E-state index is 0.203. The van der Waals surface area contributed by atoms with Gasteiger partial charge in [-0.15, -0.1) is 0 Å². The Morgan fingerprint density at radius 2 is 2.12 bits per heavy atom. The summed E-state index contributed by atoms with van der Waals surface area (Å²) in [5, 5.41) is 4.16. The molecule has 0 spiro atoms. The van der Waals surface area contributed by atoms with Gasteiger partial charge in [0, 0.05) is 45.0 Å². The van der Waals surface area contributed by atoms with Gasteiger partial charge in [0.1, 0.15) is 0 Å². The van der Waals surface area contributed by atoms with Crippen LogP contribution in [0.3, 0.4) is 0 Å². The van der Waals surface area contributed by atoms with Gasteiger partial charge in [-0.25, -0.2) is 0 Å². The minimum Gasteiger partial charge on any atom is -0.338 e. The molecule has 5 nitrogen and oxygen atoms in total. The molecule has 0 saturated carbocycles. The van der Waals surface area contributed by atoms with Crippen LogP contribution in [0.25, 0.3) is 0 Å². The van der Waals surface area contributed by atoms with Crippen LogP contribution in [0.4, 0.5) is 0 Å². The zero-order chi connectivity index (χ0) is 17.8. The van der Waals surface area contributed by atoms with Crippen LogP contribution in [0, 0.1) is 0 Å². The molecule has 2 atom stereocenters. The van der Waals surface area contributed by atoms with E-state index in [1.54, 1.807) is 10.9 Å². The Morgan fingerprint density at radius 1 is 1.36 bits per heavy atom. The lowest BCUT2D eigenvalue weighted by Gasteiger charge is -2.30. The molecule has 25 heavy (non-hydrogen) atoms. The third-order valence-electron chi connectivity index (χ3n) is 5.24. The second kappa shape index (κ2) is 7.83. The molecule has 3 rings (SSSR count). The summed E-state index contributed by atoms with van der Waals surface area (Å²) in [5.41, 5.74) is 2.33. The maximum Gasteiger partial charge on any atom is 0.227 e. The van der Waals surface area contributed by atoms with E-state index in [1.165, 1.54) is 5.56 Å². The lowest BCUT2D eigenvalue weighted by atomic mass is 10.1. The van der Waals surface area contributed by atoms with Gasteiger partial charge < -0.3 is 4.90 Å². The quantitative estimate of drug-likeness (QED) is 0.812. The molecule has 0 radical (unpaired) electrons. The molecule has 1 aliphatic rings. The van der Waals surface area contributed by atoms with E-state index >= 15 is 0 Å². The molecule has 0 N–H and O–H groups in total. The van der Waals surface area contributed by atoms with Crippen molar-refractivity contribution in [2.75, 3.05) is 19.6 Å². The number of aryl methyl sites for hydroxylation is 1. The van der Waals surface area contributed by atoms with Crippen LogP contribution >= 0.6 is 0 Å². The molecule has 0 aliphatic carbocycles. The zero-order valence-corrected chi connectivity index (χ0v) is 15.4. The molecule has 2 heterocycles. The highest BCUT2D eigenvalue weighted by molar-refractivity contribution is 5.79. The summed E-state index contributed by atoms with van der Waals surface area (Å²) in [6, 6.07) is 11.3. The van der Waals surface area contributed by atoms with Gasteiger partial charge >= 0.3 is 0 Å². The molecular formula is C20H28N4O. The minimum atomic E-state index is 0.203. The number of benzene rings is 1. The summed E-state index contributed by atoms with van der Waals surface area (Å²) in [4.78, 5) is 17.3. The predicted octanol–water partition coefficient (Wildman–Crippen LogP) is 2.65. The van der Waals surface area contributed by atoms with Crippen LogP contribution in [-0.4, -0.2) is 51.2 Å². The largest absolute Gasteiger partial charge is 0.338 e. The topological polar surface area (TPSA) is 41.4 Å². The number of carbonyl (C=O) groups excluding carboxylic acids is 1. The Balaban J connectivity index is 1.61. The highest BCUT2D eigenvalue weighted by Gasteiger charge is 2.32. The lowest BCUT2D eigenvalue weighted by molar-refractivity contribution is -0.132. The van der Waals surface area contributed by atoms with Crippen LogP contribution in [-0.2, 0) is 18.3 Å². The van der Waals surface area contributed by atoms with Crippen LogP contribution in [0.2, 0.25) is 0 Å². The number of hydrogen-bond acceptors (Lipinski definition) is 3. The second-order valence-corrected chi connectivity index (χ2v) is 6.90. The van der Waals surface area contributed by atoms with E-state index in [4.69, 9.17) is 0 Å². The highest BCUT2D eigenvalue weighted by Crippen LogP contribution is 2.26. The van der Waals surface area contributed by atoms with E-state index in [1.807, 2.05) is 18.1 Å². The van der Waals surface area contributed by atoms with Gasteiger partial charge in [0.15, 0.2) is 0 Å². The molecule has 1 saturated heterocycles. The number of rotatable bonds is 6. The Morgan fingerprint density at radius 3 is 2.76 bits per heavy atom. The maximum atomic E-state index is 12.8. The molecule has 2 unspecified atom stereocenters.